The molecule has 8 heteroatoms. The van der Waals surface area contributed by atoms with Gasteiger partial charge in [-0.05, 0) is 37.6 Å². The molecule has 6 nitrogen and oxygen atoms in total. The Morgan fingerprint density at radius 3 is 2.85 bits per heavy atom. The number of thioether (sulfide) groups is 1. The topological polar surface area (TPSA) is 73.2 Å². The number of fused-ring (bicyclic) bond motifs is 1. The number of aryl methyl sites for hydroxylation is 2. The monoisotopic (exact) mass is 389 g/mol. The minimum atomic E-state index is -0.357. The van der Waals surface area contributed by atoms with E-state index in [2.05, 4.69) is 10.3 Å². The molecule has 0 bridgehead atoms. The fraction of sp³-hybridized carbons (Fsp3) is 0.278. The number of nitrogens with zero attached hydrogens (tertiary/aromatic N) is 2. The quantitative estimate of drug-likeness (QED) is 0.512. The highest BCUT2D eigenvalue weighted by Crippen LogP contribution is 2.28. The van der Waals surface area contributed by atoms with Crippen LogP contribution in [0.5, 0.6) is 0 Å². The van der Waals surface area contributed by atoms with E-state index < -0.39 is 0 Å². The van der Waals surface area contributed by atoms with E-state index in [9.17, 15) is 9.59 Å². The van der Waals surface area contributed by atoms with Crippen LogP contribution in [-0.4, -0.2) is 33.8 Å². The van der Waals surface area contributed by atoms with Gasteiger partial charge >= 0.3 is 5.97 Å². The first-order valence-corrected chi connectivity index (χ1v) is 9.91. The summed E-state index contributed by atoms with van der Waals surface area (Å²) in [6.07, 6.45) is 0. The van der Waals surface area contributed by atoms with Gasteiger partial charge in [0.2, 0.25) is 5.91 Å². The molecule has 1 aromatic carbocycles. The zero-order chi connectivity index (χ0) is 18.7. The molecule has 0 spiro atoms. The summed E-state index contributed by atoms with van der Waals surface area (Å²) in [5, 5.41) is 4.27. The summed E-state index contributed by atoms with van der Waals surface area (Å²) in [7, 11) is 1.93. The van der Waals surface area contributed by atoms with Gasteiger partial charge in [-0.3, -0.25) is 4.79 Å². The molecule has 3 rings (SSSR count). The van der Waals surface area contributed by atoms with E-state index in [1.54, 1.807) is 13.0 Å². The van der Waals surface area contributed by atoms with Crippen molar-refractivity contribution in [2.75, 3.05) is 17.7 Å². The molecule has 0 unspecified atom stereocenters. The van der Waals surface area contributed by atoms with Crippen LogP contribution in [0.3, 0.4) is 0 Å². The number of para-hydroxylation sites is 2. The van der Waals surface area contributed by atoms with Crippen LogP contribution in [0.2, 0.25) is 0 Å². The molecule has 1 amide bonds. The number of rotatable bonds is 6. The number of imidazole rings is 1. The summed E-state index contributed by atoms with van der Waals surface area (Å²) in [6, 6.07) is 9.64. The van der Waals surface area contributed by atoms with Gasteiger partial charge in [0.25, 0.3) is 0 Å². The van der Waals surface area contributed by atoms with Gasteiger partial charge < -0.3 is 14.6 Å². The highest BCUT2D eigenvalue weighted by atomic mass is 32.2. The minimum Gasteiger partial charge on any atom is -0.462 e. The van der Waals surface area contributed by atoms with E-state index in [1.807, 2.05) is 42.8 Å². The number of thiophene rings is 1. The third kappa shape index (κ3) is 3.91. The number of benzene rings is 1. The lowest BCUT2D eigenvalue weighted by Gasteiger charge is -2.03. The van der Waals surface area contributed by atoms with Crippen LogP contribution in [0.1, 0.15) is 22.2 Å². The van der Waals surface area contributed by atoms with Gasteiger partial charge in [0, 0.05) is 7.05 Å². The first-order chi connectivity index (χ1) is 12.5. The molecule has 0 saturated heterocycles. The summed E-state index contributed by atoms with van der Waals surface area (Å²) >= 11 is 2.61. The van der Waals surface area contributed by atoms with Crippen molar-refractivity contribution in [3.8, 4) is 0 Å². The molecule has 26 heavy (non-hydrogen) atoms. The molecular formula is C18H19N3O3S2. The molecule has 0 atom stereocenters. The number of nitrogens with one attached hydrogen (secondary N) is 1. The predicted molar refractivity (Wildman–Crippen MR) is 105 cm³/mol. The normalized spacial score (nSPS) is 10.9. The van der Waals surface area contributed by atoms with E-state index in [4.69, 9.17) is 4.74 Å². The maximum Gasteiger partial charge on any atom is 0.348 e. The fourth-order valence-electron chi connectivity index (χ4n) is 2.50. The van der Waals surface area contributed by atoms with Crippen LogP contribution in [0, 0.1) is 6.92 Å². The van der Waals surface area contributed by atoms with E-state index >= 15 is 0 Å². The van der Waals surface area contributed by atoms with Crippen LogP contribution >= 0.6 is 23.1 Å². The van der Waals surface area contributed by atoms with Crippen molar-refractivity contribution < 1.29 is 14.3 Å². The molecular weight excluding hydrogens is 370 g/mol. The maximum atomic E-state index is 12.2. The molecule has 0 aliphatic carbocycles. The highest BCUT2D eigenvalue weighted by molar-refractivity contribution is 7.99. The molecule has 0 fully saturated rings. The second kappa shape index (κ2) is 7.92. The Labute approximate surface area is 159 Å². The Bertz CT molecular complexity index is 962. The summed E-state index contributed by atoms with van der Waals surface area (Å²) in [5.41, 5.74) is 2.74. The lowest BCUT2D eigenvalue weighted by molar-refractivity contribution is -0.113. The van der Waals surface area contributed by atoms with E-state index in [0.717, 1.165) is 21.8 Å². The number of amides is 1. The van der Waals surface area contributed by atoms with Crippen LogP contribution < -0.4 is 5.32 Å². The predicted octanol–water partition coefficient (Wildman–Crippen LogP) is 3.85. The number of anilines is 1. The largest absolute Gasteiger partial charge is 0.462 e. The Morgan fingerprint density at radius 1 is 1.35 bits per heavy atom. The zero-order valence-corrected chi connectivity index (χ0v) is 16.4. The molecule has 0 aliphatic heterocycles. The first kappa shape index (κ1) is 18.5. The zero-order valence-electron chi connectivity index (χ0n) is 14.7. The average Bonchev–Trinajstić information content (AvgIpc) is 3.13. The van der Waals surface area contributed by atoms with Gasteiger partial charge in [0.15, 0.2) is 5.16 Å². The number of aromatic nitrogens is 2. The van der Waals surface area contributed by atoms with Gasteiger partial charge in [0.05, 0.1) is 28.4 Å². The van der Waals surface area contributed by atoms with Gasteiger partial charge in [-0.1, -0.05) is 23.9 Å². The molecule has 2 heterocycles. The maximum absolute atomic E-state index is 12.2. The van der Waals surface area contributed by atoms with E-state index in [0.29, 0.717) is 16.5 Å². The van der Waals surface area contributed by atoms with Crippen molar-refractivity contribution in [1.29, 1.82) is 0 Å². The number of carbonyl (C=O) groups excluding carboxylic acids is 2. The van der Waals surface area contributed by atoms with Crippen molar-refractivity contribution >= 4 is 51.0 Å². The van der Waals surface area contributed by atoms with Crippen LogP contribution in [0.4, 0.5) is 5.00 Å². The van der Waals surface area contributed by atoms with Crippen LogP contribution in [0.25, 0.3) is 11.0 Å². The Balaban J connectivity index is 1.63. The van der Waals surface area contributed by atoms with Gasteiger partial charge in [-0.15, -0.1) is 11.3 Å². The van der Waals surface area contributed by atoms with Crippen molar-refractivity contribution in [3.63, 3.8) is 0 Å². The second-order valence-electron chi connectivity index (χ2n) is 5.62. The molecule has 0 radical (unpaired) electrons. The number of ether oxygens (including phenoxy) is 1. The molecule has 3 aromatic rings. The van der Waals surface area contributed by atoms with Crippen molar-refractivity contribution in [3.05, 3.63) is 40.8 Å². The number of hydrogen-bond acceptors (Lipinski definition) is 6. The van der Waals surface area contributed by atoms with Gasteiger partial charge in [-0.25, -0.2) is 9.78 Å². The molecule has 0 saturated carbocycles. The van der Waals surface area contributed by atoms with Crippen molar-refractivity contribution in [2.24, 2.45) is 7.05 Å². The third-order valence-electron chi connectivity index (χ3n) is 3.72. The Morgan fingerprint density at radius 2 is 2.12 bits per heavy atom. The number of esters is 1. The van der Waals surface area contributed by atoms with Crippen molar-refractivity contribution in [2.45, 2.75) is 19.0 Å². The molecule has 0 aliphatic rings. The smallest absolute Gasteiger partial charge is 0.348 e. The van der Waals surface area contributed by atoms with Crippen LogP contribution in [-0.2, 0) is 16.6 Å². The lowest BCUT2D eigenvalue weighted by atomic mass is 10.3. The lowest BCUT2D eigenvalue weighted by Crippen LogP contribution is -2.13. The van der Waals surface area contributed by atoms with E-state index in [1.165, 1.54) is 23.1 Å². The summed E-state index contributed by atoms with van der Waals surface area (Å²) in [6.45, 7) is 3.92. The summed E-state index contributed by atoms with van der Waals surface area (Å²) < 4.78 is 6.99. The fourth-order valence-corrected chi connectivity index (χ4v) is 4.27. The number of carbonyl (C=O) groups is 2. The summed E-state index contributed by atoms with van der Waals surface area (Å²) in [4.78, 5) is 29.2. The Kier molecular flexibility index (Phi) is 5.63. The SMILES string of the molecule is CCOC(=O)c1sc(NC(=O)CSc2nc3ccccc3n2C)cc1C. The highest BCUT2D eigenvalue weighted by Gasteiger charge is 2.16. The molecule has 136 valence electrons. The van der Waals surface area contributed by atoms with E-state index in [-0.39, 0.29) is 17.6 Å². The van der Waals surface area contributed by atoms with Gasteiger partial charge in [0.1, 0.15) is 4.88 Å². The first-order valence-electron chi connectivity index (χ1n) is 8.11. The second-order valence-corrected chi connectivity index (χ2v) is 7.62. The Hall–Kier alpha value is -2.32. The van der Waals surface area contributed by atoms with Crippen molar-refractivity contribution in [1.82, 2.24) is 9.55 Å². The average molecular weight is 390 g/mol. The summed E-state index contributed by atoms with van der Waals surface area (Å²) in [5.74, 6) is -0.258. The van der Waals surface area contributed by atoms with Crippen LogP contribution in [0.15, 0.2) is 35.5 Å². The number of hydrogen-bond donors (Lipinski definition) is 1. The standard InChI is InChI=1S/C18H19N3O3S2/c1-4-24-17(23)16-11(2)9-15(26-16)20-14(22)10-25-18-19-12-7-5-6-8-13(12)21(18)3/h5-9H,4,10H2,1-3H3,(H,20,22). The molecule has 1 N–H and O–H groups in total. The molecule has 2 aromatic heterocycles. The third-order valence-corrected chi connectivity index (χ3v) is 5.88. The minimum absolute atomic E-state index is 0.140. The van der Waals surface area contributed by atoms with Gasteiger partial charge in [-0.2, -0.15) is 0 Å².